The summed E-state index contributed by atoms with van der Waals surface area (Å²) in [7, 11) is 0. The van der Waals surface area contributed by atoms with E-state index >= 15 is 0 Å². The van der Waals surface area contributed by atoms with Crippen LogP contribution in [0, 0.1) is 0 Å². The van der Waals surface area contributed by atoms with E-state index in [0.717, 1.165) is 45.6 Å². The molecule has 1 aromatic carbocycles. The Hall–Kier alpha value is -1.39. The lowest BCUT2D eigenvalue weighted by molar-refractivity contribution is -0.122. The minimum absolute atomic E-state index is 0.0133. The lowest BCUT2D eigenvalue weighted by Crippen LogP contribution is -2.58. The molecule has 2 N–H and O–H groups in total. The van der Waals surface area contributed by atoms with E-state index in [9.17, 15) is 4.79 Å². The number of primary amides is 1. The van der Waals surface area contributed by atoms with Crippen molar-refractivity contribution in [3.05, 3.63) is 35.9 Å². The molecule has 23 heavy (non-hydrogen) atoms. The van der Waals surface area contributed by atoms with E-state index in [0.29, 0.717) is 6.42 Å². The summed E-state index contributed by atoms with van der Waals surface area (Å²) >= 11 is 0. The number of benzene rings is 1. The van der Waals surface area contributed by atoms with E-state index in [2.05, 4.69) is 40.1 Å². The molecule has 0 spiro atoms. The standard InChI is InChI=1S/C19H29N3O/c20-18(23)15-19(22-11-5-2-6-12-22)9-13-21(14-10-19)16-17-7-3-1-4-8-17/h1,3-4,7-8H,2,5-6,9-16H2,(H2,20,23). The Labute approximate surface area is 139 Å². The second-order valence-electron chi connectivity index (χ2n) is 7.18. The first-order valence-electron chi connectivity index (χ1n) is 8.98. The molecule has 126 valence electrons. The summed E-state index contributed by atoms with van der Waals surface area (Å²) < 4.78 is 0. The summed E-state index contributed by atoms with van der Waals surface area (Å²) in [4.78, 5) is 16.8. The number of likely N-dealkylation sites (tertiary alicyclic amines) is 2. The van der Waals surface area contributed by atoms with Gasteiger partial charge in [0.15, 0.2) is 0 Å². The minimum Gasteiger partial charge on any atom is -0.370 e. The third-order valence-electron chi connectivity index (χ3n) is 5.57. The summed E-state index contributed by atoms with van der Waals surface area (Å²) in [5.41, 5.74) is 6.98. The van der Waals surface area contributed by atoms with E-state index in [-0.39, 0.29) is 11.4 Å². The van der Waals surface area contributed by atoms with Gasteiger partial charge in [-0.05, 0) is 44.3 Å². The first kappa shape index (κ1) is 16.5. The number of nitrogens with zero attached hydrogens (tertiary/aromatic N) is 2. The van der Waals surface area contributed by atoms with Crippen molar-refractivity contribution < 1.29 is 4.79 Å². The Bertz CT molecular complexity index is 503. The molecule has 1 amide bonds. The number of hydrogen-bond donors (Lipinski definition) is 1. The molecule has 0 aromatic heterocycles. The molecule has 0 bridgehead atoms. The van der Waals surface area contributed by atoms with E-state index < -0.39 is 0 Å². The first-order chi connectivity index (χ1) is 11.2. The van der Waals surface area contributed by atoms with Crippen molar-refractivity contribution in [3.8, 4) is 0 Å². The highest BCUT2D eigenvalue weighted by Gasteiger charge is 2.41. The van der Waals surface area contributed by atoms with Gasteiger partial charge in [0.1, 0.15) is 0 Å². The summed E-state index contributed by atoms with van der Waals surface area (Å²) in [5.74, 6) is -0.146. The Kier molecular flexibility index (Phi) is 5.34. The van der Waals surface area contributed by atoms with Crippen LogP contribution in [0.15, 0.2) is 30.3 Å². The lowest BCUT2D eigenvalue weighted by atomic mass is 9.81. The molecule has 0 aliphatic carbocycles. The molecule has 2 fully saturated rings. The molecule has 4 nitrogen and oxygen atoms in total. The van der Waals surface area contributed by atoms with Crippen molar-refractivity contribution in [3.63, 3.8) is 0 Å². The Morgan fingerprint density at radius 2 is 1.65 bits per heavy atom. The van der Waals surface area contributed by atoms with Crippen LogP contribution in [0.2, 0.25) is 0 Å². The average Bonchev–Trinajstić information content (AvgIpc) is 2.58. The normalized spacial score (nSPS) is 22.8. The highest BCUT2D eigenvalue weighted by atomic mass is 16.1. The molecule has 0 radical (unpaired) electrons. The van der Waals surface area contributed by atoms with Crippen LogP contribution in [-0.4, -0.2) is 47.4 Å². The van der Waals surface area contributed by atoms with Crippen LogP contribution in [0.1, 0.15) is 44.1 Å². The summed E-state index contributed by atoms with van der Waals surface area (Å²) in [5, 5.41) is 0. The number of rotatable bonds is 5. The van der Waals surface area contributed by atoms with Gasteiger partial charge in [0.05, 0.1) is 0 Å². The van der Waals surface area contributed by atoms with Gasteiger partial charge >= 0.3 is 0 Å². The second kappa shape index (κ2) is 7.45. The predicted octanol–water partition coefficient (Wildman–Crippen LogP) is 2.38. The van der Waals surface area contributed by atoms with Crippen LogP contribution in [0.3, 0.4) is 0 Å². The van der Waals surface area contributed by atoms with Crippen molar-refractivity contribution in [1.29, 1.82) is 0 Å². The van der Waals surface area contributed by atoms with Gasteiger partial charge in [0.25, 0.3) is 0 Å². The highest BCUT2D eigenvalue weighted by Crippen LogP contribution is 2.34. The van der Waals surface area contributed by atoms with Gasteiger partial charge in [-0.25, -0.2) is 0 Å². The Morgan fingerprint density at radius 3 is 2.26 bits per heavy atom. The van der Waals surface area contributed by atoms with Gasteiger partial charge in [0.2, 0.25) is 5.91 Å². The summed E-state index contributed by atoms with van der Waals surface area (Å²) in [6, 6.07) is 10.6. The maximum atomic E-state index is 11.7. The molecule has 0 unspecified atom stereocenters. The van der Waals surface area contributed by atoms with Gasteiger partial charge in [-0.2, -0.15) is 0 Å². The largest absolute Gasteiger partial charge is 0.370 e. The number of hydrogen-bond acceptors (Lipinski definition) is 3. The molecular formula is C19H29N3O. The van der Waals surface area contributed by atoms with Crippen molar-refractivity contribution >= 4 is 5.91 Å². The highest BCUT2D eigenvalue weighted by molar-refractivity contribution is 5.75. The molecule has 2 aliphatic rings. The SMILES string of the molecule is NC(=O)CC1(N2CCCCC2)CCN(Cc2ccccc2)CC1. The van der Waals surface area contributed by atoms with Crippen LogP contribution in [-0.2, 0) is 11.3 Å². The van der Waals surface area contributed by atoms with Crippen molar-refractivity contribution in [2.24, 2.45) is 5.73 Å². The van der Waals surface area contributed by atoms with Crippen LogP contribution >= 0.6 is 0 Å². The number of carbonyl (C=O) groups is 1. The molecule has 1 aromatic rings. The predicted molar refractivity (Wildman–Crippen MR) is 92.9 cm³/mol. The Morgan fingerprint density at radius 1 is 1.00 bits per heavy atom. The quantitative estimate of drug-likeness (QED) is 0.907. The zero-order valence-electron chi connectivity index (χ0n) is 14.0. The third kappa shape index (κ3) is 4.12. The lowest BCUT2D eigenvalue weighted by Gasteiger charge is -2.50. The minimum atomic E-state index is -0.146. The number of piperidine rings is 2. The van der Waals surface area contributed by atoms with Gasteiger partial charge in [0, 0.05) is 31.6 Å². The van der Waals surface area contributed by atoms with E-state index in [1.165, 1.54) is 24.8 Å². The van der Waals surface area contributed by atoms with E-state index in [4.69, 9.17) is 5.73 Å². The van der Waals surface area contributed by atoms with Crippen LogP contribution in [0.4, 0.5) is 0 Å². The molecule has 0 saturated carbocycles. The fraction of sp³-hybridized carbons (Fsp3) is 0.632. The van der Waals surface area contributed by atoms with Gasteiger partial charge in [-0.15, -0.1) is 0 Å². The molecule has 2 heterocycles. The topological polar surface area (TPSA) is 49.6 Å². The van der Waals surface area contributed by atoms with Crippen molar-refractivity contribution in [2.45, 2.75) is 50.6 Å². The zero-order chi connectivity index (χ0) is 16.1. The van der Waals surface area contributed by atoms with Crippen molar-refractivity contribution in [1.82, 2.24) is 9.80 Å². The first-order valence-corrected chi connectivity index (χ1v) is 8.98. The molecular weight excluding hydrogens is 286 g/mol. The molecule has 4 heteroatoms. The summed E-state index contributed by atoms with van der Waals surface area (Å²) in [6.45, 7) is 5.38. The van der Waals surface area contributed by atoms with Gasteiger partial charge < -0.3 is 5.73 Å². The summed E-state index contributed by atoms with van der Waals surface area (Å²) in [6.07, 6.45) is 6.48. The second-order valence-corrected chi connectivity index (χ2v) is 7.18. The maximum absolute atomic E-state index is 11.7. The monoisotopic (exact) mass is 315 g/mol. The number of carbonyl (C=O) groups excluding carboxylic acids is 1. The Balaban J connectivity index is 1.63. The average molecular weight is 315 g/mol. The third-order valence-corrected chi connectivity index (χ3v) is 5.57. The maximum Gasteiger partial charge on any atom is 0.219 e. The van der Waals surface area contributed by atoms with Crippen LogP contribution < -0.4 is 5.73 Å². The van der Waals surface area contributed by atoms with Gasteiger partial charge in [-0.3, -0.25) is 14.6 Å². The van der Waals surface area contributed by atoms with Crippen LogP contribution in [0.25, 0.3) is 0 Å². The fourth-order valence-electron chi connectivity index (χ4n) is 4.27. The van der Waals surface area contributed by atoms with E-state index in [1.54, 1.807) is 0 Å². The smallest absolute Gasteiger partial charge is 0.219 e. The number of amides is 1. The van der Waals surface area contributed by atoms with Gasteiger partial charge in [-0.1, -0.05) is 36.8 Å². The zero-order valence-corrected chi connectivity index (χ0v) is 14.0. The molecule has 0 atom stereocenters. The van der Waals surface area contributed by atoms with Crippen molar-refractivity contribution in [2.75, 3.05) is 26.2 Å². The molecule has 2 aliphatic heterocycles. The molecule has 3 rings (SSSR count). The number of nitrogens with two attached hydrogens (primary N) is 1. The fourth-order valence-corrected chi connectivity index (χ4v) is 4.27. The molecule has 2 saturated heterocycles. The van der Waals surface area contributed by atoms with E-state index in [1.807, 2.05) is 0 Å². The van der Waals surface area contributed by atoms with Crippen LogP contribution in [0.5, 0.6) is 0 Å².